The van der Waals surface area contributed by atoms with E-state index in [4.69, 9.17) is 23.2 Å². The third kappa shape index (κ3) is 7.05. The molecule has 4 nitrogen and oxygen atoms in total. The number of hydrogen-bond acceptors (Lipinski definition) is 3. The van der Waals surface area contributed by atoms with Crippen molar-refractivity contribution in [1.29, 1.82) is 0 Å². The van der Waals surface area contributed by atoms with Gasteiger partial charge in [-0.3, -0.25) is 4.90 Å². The normalized spacial score (nSPS) is 18.9. The lowest BCUT2D eigenvalue weighted by Crippen LogP contribution is -2.36. The second-order valence-corrected chi connectivity index (χ2v) is 12.3. The number of likely N-dealkylation sites (N-methyl/N-ethyl adjacent to an activating group) is 1. The largest absolute Gasteiger partial charge is 0.416 e. The van der Waals surface area contributed by atoms with Gasteiger partial charge in [0, 0.05) is 42.1 Å². The van der Waals surface area contributed by atoms with Crippen LogP contribution >= 0.6 is 23.2 Å². The minimum Gasteiger partial charge on any atom is -0.374 e. The summed E-state index contributed by atoms with van der Waals surface area (Å²) in [6.07, 6.45) is -7.78. The Morgan fingerprint density at radius 2 is 1.61 bits per heavy atom. The number of aliphatic hydroxyl groups is 1. The fraction of sp³-hybridized carbons (Fsp3) is 0.375. The molecule has 0 radical (unpaired) electrons. The molecule has 2 N–H and O–H groups in total. The SMILES string of the molecule is CN(CCc1c[nH]c2ccccc12)CCC1(c2ccc(Cl)c(Cl)c2)CCN(C(O)c2cc(C(F)(F)F)cc(C(F)(F)F)c2)C1. The Morgan fingerprint density at radius 3 is 2.27 bits per heavy atom. The molecule has 236 valence electrons. The van der Waals surface area contributed by atoms with Gasteiger partial charge in [-0.05, 0) is 85.9 Å². The molecule has 2 unspecified atom stereocenters. The van der Waals surface area contributed by atoms with Crippen LogP contribution in [-0.4, -0.2) is 53.1 Å². The van der Waals surface area contributed by atoms with Gasteiger partial charge in [-0.1, -0.05) is 47.5 Å². The zero-order valence-corrected chi connectivity index (χ0v) is 25.3. The van der Waals surface area contributed by atoms with Crippen molar-refractivity contribution >= 4 is 34.1 Å². The number of aromatic nitrogens is 1. The number of rotatable bonds is 9. The minimum atomic E-state index is -5.01. The van der Waals surface area contributed by atoms with Crippen LogP contribution in [0.4, 0.5) is 26.3 Å². The van der Waals surface area contributed by atoms with E-state index in [1.165, 1.54) is 10.5 Å². The molecule has 0 spiro atoms. The standard InChI is InChI=1S/C32H31Cl2F6N3O/c1-42(11-8-20-18-41-28-5-3-2-4-25(20)28)12-9-30(22-6-7-26(33)27(34)17-22)10-13-43(19-30)29(44)21-14-23(31(35,36)37)16-24(15-21)32(38,39)40/h2-7,14-18,29,41,44H,8-13,19H2,1H3. The van der Waals surface area contributed by atoms with Crippen molar-refractivity contribution in [2.24, 2.45) is 0 Å². The summed E-state index contributed by atoms with van der Waals surface area (Å²) in [6, 6.07) is 14.5. The summed E-state index contributed by atoms with van der Waals surface area (Å²) in [4.78, 5) is 6.98. The monoisotopic (exact) mass is 657 g/mol. The fourth-order valence-electron chi connectivity index (χ4n) is 6.03. The molecule has 1 aliphatic heterocycles. The molecular weight excluding hydrogens is 627 g/mol. The van der Waals surface area contributed by atoms with Gasteiger partial charge < -0.3 is 15.0 Å². The Bertz CT molecular complexity index is 1590. The predicted octanol–water partition coefficient (Wildman–Crippen LogP) is 8.71. The van der Waals surface area contributed by atoms with Gasteiger partial charge in [0.15, 0.2) is 0 Å². The number of H-pyrrole nitrogens is 1. The molecule has 1 aromatic heterocycles. The summed E-state index contributed by atoms with van der Waals surface area (Å²) in [5, 5.41) is 13.0. The Balaban J connectivity index is 1.36. The van der Waals surface area contributed by atoms with E-state index in [0.29, 0.717) is 41.6 Å². The first-order valence-electron chi connectivity index (χ1n) is 14.1. The number of fused-ring (bicyclic) bond motifs is 1. The minimum absolute atomic E-state index is 0.0618. The first kappa shape index (κ1) is 32.6. The van der Waals surface area contributed by atoms with Crippen molar-refractivity contribution < 1.29 is 31.4 Å². The molecule has 1 fully saturated rings. The van der Waals surface area contributed by atoms with Crippen LogP contribution in [-0.2, 0) is 24.2 Å². The summed E-state index contributed by atoms with van der Waals surface area (Å²) in [7, 11) is 2.00. The van der Waals surface area contributed by atoms with E-state index in [1.54, 1.807) is 12.1 Å². The maximum Gasteiger partial charge on any atom is 0.416 e. The number of nitrogens with zero attached hydrogens (tertiary/aromatic N) is 2. The van der Waals surface area contributed by atoms with Crippen molar-refractivity contribution in [2.45, 2.75) is 43.3 Å². The average molecular weight is 659 g/mol. The first-order chi connectivity index (χ1) is 20.7. The van der Waals surface area contributed by atoms with Crippen molar-refractivity contribution in [2.75, 3.05) is 33.2 Å². The molecule has 0 aliphatic carbocycles. The lowest BCUT2D eigenvalue weighted by Gasteiger charge is -2.33. The fourth-order valence-corrected chi connectivity index (χ4v) is 6.33. The first-order valence-corrected chi connectivity index (χ1v) is 14.8. The number of para-hydroxylation sites is 1. The van der Waals surface area contributed by atoms with Crippen molar-refractivity contribution in [3.63, 3.8) is 0 Å². The third-order valence-corrected chi connectivity index (χ3v) is 9.32. The van der Waals surface area contributed by atoms with E-state index < -0.39 is 40.7 Å². The molecule has 0 amide bonds. The van der Waals surface area contributed by atoms with Crippen LogP contribution in [0.15, 0.2) is 66.9 Å². The van der Waals surface area contributed by atoms with Crippen molar-refractivity contribution in [3.05, 3.63) is 105 Å². The van der Waals surface area contributed by atoms with Crippen LogP contribution in [0, 0.1) is 0 Å². The van der Waals surface area contributed by atoms with Gasteiger partial charge in [-0.25, -0.2) is 0 Å². The van der Waals surface area contributed by atoms with Crippen LogP contribution in [0.25, 0.3) is 10.9 Å². The molecule has 44 heavy (non-hydrogen) atoms. The zero-order chi connectivity index (χ0) is 31.9. The molecule has 1 aliphatic rings. The lowest BCUT2D eigenvalue weighted by molar-refractivity contribution is -0.143. The quantitative estimate of drug-likeness (QED) is 0.177. The number of nitrogens with one attached hydrogen (secondary N) is 1. The number of benzene rings is 3. The summed E-state index contributed by atoms with van der Waals surface area (Å²) >= 11 is 12.5. The van der Waals surface area contributed by atoms with Crippen LogP contribution in [0.3, 0.4) is 0 Å². The number of hydrogen-bond donors (Lipinski definition) is 2. The lowest BCUT2D eigenvalue weighted by atomic mass is 9.76. The topological polar surface area (TPSA) is 42.5 Å². The maximum absolute atomic E-state index is 13.5. The molecule has 5 rings (SSSR count). The molecule has 2 atom stereocenters. The predicted molar refractivity (Wildman–Crippen MR) is 160 cm³/mol. The molecule has 4 aromatic rings. The van der Waals surface area contributed by atoms with Gasteiger partial charge >= 0.3 is 12.4 Å². The number of aliphatic hydroxyl groups excluding tert-OH is 1. The Hall–Kier alpha value is -2.76. The molecule has 3 aromatic carbocycles. The van der Waals surface area contributed by atoms with Gasteiger partial charge in [-0.2, -0.15) is 26.3 Å². The highest BCUT2D eigenvalue weighted by Gasteiger charge is 2.43. The van der Waals surface area contributed by atoms with E-state index in [2.05, 4.69) is 16.0 Å². The smallest absolute Gasteiger partial charge is 0.374 e. The van der Waals surface area contributed by atoms with E-state index in [9.17, 15) is 31.4 Å². The van der Waals surface area contributed by atoms with Crippen LogP contribution in [0.2, 0.25) is 10.0 Å². The summed E-state index contributed by atoms with van der Waals surface area (Å²) in [6.45, 7) is 1.85. The Kier molecular flexibility index (Phi) is 9.31. The second kappa shape index (κ2) is 12.6. The van der Waals surface area contributed by atoms with E-state index in [-0.39, 0.29) is 19.2 Å². The van der Waals surface area contributed by atoms with Gasteiger partial charge in [0.2, 0.25) is 0 Å². The summed E-state index contributed by atoms with van der Waals surface area (Å²) in [5.74, 6) is 0. The molecule has 0 saturated carbocycles. The van der Waals surface area contributed by atoms with Gasteiger partial charge in [0.25, 0.3) is 0 Å². The Labute approximate surface area is 261 Å². The van der Waals surface area contributed by atoms with E-state index >= 15 is 0 Å². The number of alkyl halides is 6. The zero-order valence-electron chi connectivity index (χ0n) is 23.7. The number of halogens is 8. The molecule has 2 heterocycles. The van der Waals surface area contributed by atoms with Gasteiger partial charge in [0.1, 0.15) is 6.23 Å². The van der Waals surface area contributed by atoms with Gasteiger partial charge in [0.05, 0.1) is 21.2 Å². The summed E-state index contributed by atoms with van der Waals surface area (Å²) < 4.78 is 81.0. The van der Waals surface area contributed by atoms with Crippen LogP contribution in [0.1, 0.15) is 46.9 Å². The molecule has 1 saturated heterocycles. The maximum atomic E-state index is 13.5. The van der Waals surface area contributed by atoms with Crippen LogP contribution in [0.5, 0.6) is 0 Å². The van der Waals surface area contributed by atoms with E-state index in [1.807, 2.05) is 37.5 Å². The van der Waals surface area contributed by atoms with Crippen molar-refractivity contribution in [1.82, 2.24) is 14.8 Å². The third-order valence-electron chi connectivity index (χ3n) is 8.58. The Morgan fingerprint density at radius 1 is 0.932 bits per heavy atom. The highest BCUT2D eigenvalue weighted by molar-refractivity contribution is 6.42. The molecular formula is C32H31Cl2F6N3O. The van der Waals surface area contributed by atoms with Gasteiger partial charge in [-0.15, -0.1) is 0 Å². The second-order valence-electron chi connectivity index (χ2n) is 11.5. The average Bonchev–Trinajstić information content (AvgIpc) is 3.60. The highest BCUT2D eigenvalue weighted by atomic mass is 35.5. The van der Waals surface area contributed by atoms with Crippen LogP contribution < -0.4 is 0 Å². The number of likely N-dealkylation sites (tertiary alicyclic amines) is 1. The highest BCUT2D eigenvalue weighted by Crippen LogP contribution is 2.44. The van der Waals surface area contributed by atoms with E-state index in [0.717, 1.165) is 29.4 Å². The molecule has 12 heteroatoms. The molecule has 0 bridgehead atoms. The number of aromatic amines is 1. The summed E-state index contributed by atoms with van der Waals surface area (Å²) in [5.41, 5.74) is -0.878. The van der Waals surface area contributed by atoms with Crippen molar-refractivity contribution in [3.8, 4) is 0 Å².